The van der Waals surface area contributed by atoms with E-state index < -0.39 is 10.0 Å². The third-order valence-corrected chi connectivity index (χ3v) is 6.79. The highest BCUT2D eigenvalue weighted by Gasteiger charge is 2.23. The van der Waals surface area contributed by atoms with E-state index in [4.69, 9.17) is 4.74 Å². The summed E-state index contributed by atoms with van der Waals surface area (Å²) >= 11 is 0. The molecule has 0 aliphatic rings. The molecule has 0 amide bonds. The average Bonchev–Trinajstić information content (AvgIpc) is 3.15. The summed E-state index contributed by atoms with van der Waals surface area (Å²) in [5.74, 6) is -0.321. The molecule has 6 heteroatoms. The summed E-state index contributed by atoms with van der Waals surface area (Å²) in [7, 11) is -2.46. The van der Waals surface area contributed by atoms with Crippen LogP contribution in [0.4, 0.5) is 0 Å². The molecule has 5 nitrogen and oxygen atoms in total. The molecule has 0 radical (unpaired) electrons. The molecule has 152 valence electrons. The molecule has 4 rings (SSSR count). The first kappa shape index (κ1) is 19.9. The number of aromatic nitrogens is 1. The van der Waals surface area contributed by atoms with Crippen LogP contribution in [0, 0.1) is 6.92 Å². The molecule has 0 N–H and O–H groups in total. The van der Waals surface area contributed by atoms with E-state index in [0.717, 1.165) is 22.1 Å². The summed E-state index contributed by atoms with van der Waals surface area (Å²) in [4.78, 5) is 11.7. The van der Waals surface area contributed by atoms with E-state index >= 15 is 0 Å². The van der Waals surface area contributed by atoms with Gasteiger partial charge in [0.1, 0.15) is 0 Å². The van der Waals surface area contributed by atoms with Crippen molar-refractivity contribution in [3.8, 4) is 11.3 Å². The average molecular weight is 420 g/mol. The van der Waals surface area contributed by atoms with Gasteiger partial charge in [-0.3, -0.25) is 4.79 Å². The van der Waals surface area contributed by atoms with Gasteiger partial charge in [0.2, 0.25) is 0 Å². The number of esters is 1. The number of fused-ring (bicyclic) bond motifs is 1. The van der Waals surface area contributed by atoms with Gasteiger partial charge in [-0.25, -0.2) is 12.4 Å². The summed E-state index contributed by atoms with van der Waals surface area (Å²) in [6, 6.07) is 23.4. The maximum Gasteiger partial charge on any atom is 0.309 e. The normalized spacial score (nSPS) is 11.5. The second-order valence-corrected chi connectivity index (χ2v) is 8.91. The van der Waals surface area contributed by atoms with Crippen molar-refractivity contribution in [1.29, 1.82) is 0 Å². The molecule has 30 heavy (non-hydrogen) atoms. The Hall–Kier alpha value is -3.38. The summed E-state index contributed by atoms with van der Waals surface area (Å²) in [6.07, 6.45) is 0.168. The zero-order valence-corrected chi connectivity index (χ0v) is 17.5. The number of rotatable bonds is 5. The summed E-state index contributed by atoms with van der Waals surface area (Å²) in [6.45, 7) is 1.92. The zero-order valence-electron chi connectivity index (χ0n) is 16.7. The first-order valence-electron chi connectivity index (χ1n) is 9.49. The molecule has 0 atom stereocenters. The molecule has 0 spiro atoms. The van der Waals surface area contributed by atoms with E-state index in [-0.39, 0.29) is 17.3 Å². The molecule has 3 aromatic carbocycles. The SMILES string of the molecule is COC(=O)Cc1ccc(-c2cc3ccccc3n2S(=O)(=O)c2ccc(C)cc2)cc1. The Morgan fingerprint density at radius 3 is 2.27 bits per heavy atom. The van der Waals surface area contributed by atoms with E-state index in [1.807, 2.05) is 55.5 Å². The number of benzene rings is 3. The molecule has 0 bridgehead atoms. The number of nitrogens with zero attached hydrogens (tertiary/aromatic N) is 1. The minimum absolute atomic E-state index is 0.168. The van der Waals surface area contributed by atoms with E-state index in [1.54, 1.807) is 30.3 Å². The van der Waals surface area contributed by atoms with E-state index in [0.29, 0.717) is 11.2 Å². The van der Waals surface area contributed by atoms with Gasteiger partial charge >= 0.3 is 5.97 Å². The van der Waals surface area contributed by atoms with Crippen molar-refractivity contribution in [2.75, 3.05) is 7.11 Å². The number of aryl methyl sites for hydroxylation is 1. The number of ether oxygens (including phenoxy) is 1. The largest absolute Gasteiger partial charge is 0.469 e. The number of hydrogen-bond donors (Lipinski definition) is 0. The standard InChI is InChI=1S/C24H21NO4S/c1-17-7-13-21(14-8-17)30(27,28)25-22-6-4-3-5-20(22)16-23(25)19-11-9-18(10-12-19)15-24(26)29-2/h3-14,16H,15H2,1-2H3. The fourth-order valence-corrected chi connectivity index (χ4v) is 4.97. The fraction of sp³-hybridized carbons (Fsp3) is 0.125. The molecule has 1 heterocycles. The molecule has 0 aliphatic carbocycles. The molecule has 1 aromatic heterocycles. The van der Waals surface area contributed by atoms with Crippen molar-refractivity contribution >= 4 is 26.9 Å². The van der Waals surface area contributed by atoms with E-state index in [1.165, 1.54) is 11.1 Å². The van der Waals surface area contributed by atoms with Crippen molar-refractivity contribution in [1.82, 2.24) is 3.97 Å². The molecular formula is C24H21NO4S. The highest BCUT2D eigenvalue weighted by molar-refractivity contribution is 7.90. The van der Waals surface area contributed by atoms with Crippen molar-refractivity contribution in [3.05, 3.63) is 90.0 Å². The number of carbonyl (C=O) groups excluding carboxylic acids is 1. The Labute approximate surface area is 175 Å². The van der Waals surface area contributed by atoms with Gasteiger partial charge in [0.25, 0.3) is 10.0 Å². The smallest absolute Gasteiger partial charge is 0.309 e. The van der Waals surface area contributed by atoms with Gasteiger partial charge in [-0.2, -0.15) is 0 Å². The highest BCUT2D eigenvalue weighted by atomic mass is 32.2. The van der Waals surface area contributed by atoms with Crippen molar-refractivity contribution < 1.29 is 17.9 Å². The summed E-state index contributed by atoms with van der Waals surface area (Å²) in [5, 5.41) is 0.835. The molecule has 4 aromatic rings. The maximum absolute atomic E-state index is 13.6. The fourth-order valence-electron chi connectivity index (χ4n) is 3.44. The van der Waals surface area contributed by atoms with Crippen molar-refractivity contribution in [3.63, 3.8) is 0 Å². The first-order chi connectivity index (χ1) is 14.4. The van der Waals surface area contributed by atoms with Gasteiger partial charge in [0, 0.05) is 5.39 Å². The minimum Gasteiger partial charge on any atom is -0.469 e. The Kier molecular flexibility index (Phi) is 5.18. The van der Waals surface area contributed by atoms with Crippen LogP contribution in [0.3, 0.4) is 0 Å². The second-order valence-electron chi connectivity index (χ2n) is 7.12. The topological polar surface area (TPSA) is 65.4 Å². The van der Waals surface area contributed by atoms with E-state index in [9.17, 15) is 13.2 Å². The van der Waals surface area contributed by atoms with Crippen LogP contribution in [0.5, 0.6) is 0 Å². The minimum atomic E-state index is -3.81. The van der Waals surface area contributed by atoms with Gasteiger partial charge in [0.05, 0.1) is 29.6 Å². The van der Waals surface area contributed by atoms with Crippen LogP contribution < -0.4 is 0 Å². The molecule has 0 fully saturated rings. The van der Waals surface area contributed by atoms with Crippen LogP contribution in [0.25, 0.3) is 22.2 Å². The Morgan fingerprint density at radius 1 is 0.933 bits per heavy atom. The van der Waals surface area contributed by atoms with Gasteiger partial charge in [0.15, 0.2) is 0 Å². The molecule has 0 saturated heterocycles. The first-order valence-corrected chi connectivity index (χ1v) is 10.9. The van der Waals surface area contributed by atoms with Crippen LogP contribution in [0.15, 0.2) is 83.8 Å². The van der Waals surface area contributed by atoms with Crippen molar-refractivity contribution in [2.24, 2.45) is 0 Å². The van der Waals surface area contributed by atoms with Crippen LogP contribution >= 0.6 is 0 Å². The van der Waals surface area contributed by atoms with Gasteiger partial charge in [-0.05, 0) is 42.3 Å². The lowest BCUT2D eigenvalue weighted by Gasteiger charge is -2.13. The number of hydrogen-bond acceptors (Lipinski definition) is 4. The summed E-state index contributed by atoms with van der Waals surface area (Å²) in [5.41, 5.74) is 3.73. The summed E-state index contributed by atoms with van der Waals surface area (Å²) < 4.78 is 33.2. The number of carbonyl (C=O) groups is 1. The van der Waals surface area contributed by atoms with Crippen LogP contribution in [0.1, 0.15) is 11.1 Å². The van der Waals surface area contributed by atoms with Crippen LogP contribution in [-0.2, 0) is 26.0 Å². The van der Waals surface area contributed by atoms with Crippen molar-refractivity contribution in [2.45, 2.75) is 18.2 Å². The van der Waals surface area contributed by atoms with Gasteiger partial charge in [-0.15, -0.1) is 0 Å². The zero-order chi connectivity index (χ0) is 21.3. The van der Waals surface area contributed by atoms with Gasteiger partial charge in [-0.1, -0.05) is 60.2 Å². The third-order valence-electron chi connectivity index (χ3n) is 5.05. The Morgan fingerprint density at radius 2 is 1.60 bits per heavy atom. The second kappa shape index (κ2) is 7.80. The predicted molar refractivity (Wildman–Crippen MR) is 117 cm³/mol. The predicted octanol–water partition coefficient (Wildman–Crippen LogP) is 4.57. The van der Waals surface area contributed by atoms with Crippen LogP contribution in [-0.4, -0.2) is 25.5 Å². The maximum atomic E-state index is 13.6. The lowest BCUT2D eigenvalue weighted by Crippen LogP contribution is -2.14. The van der Waals surface area contributed by atoms with E-state index in [2.05, 4.69) is 0 Å². The Bertz CT molecular complexity index is 1320. The molecule has 0 saturated carbocycles. The molecular weight excluding hydrogens is 398 g/mol. The number of methoxy groups -OCH3 is 1. The molecule has 0 unspecified atom stereocenters. The highest BCUT2D eigenvalue weighted by Crippen LogP contribution is 2.32. The third kappa shape index (κ3) is 3.62. The lowest BCUT2D eigenvalue weighted by atomic mass is 10.1. The Balaban J connectivity index is 1.87. The monoisotopic (exact) mass is 419 g/mol. The quantitative estimate of drug-likeness (QED) is 0.445. The van der Waals surface area contributed by atoms with Gasteiger partial charge < -0.3 is 4.74 Å². The lowest BCUT2D eigenvalue weighted by molar-refractivity contribution is -0.139. The van der Waals surface area contributed by atoms with Crippen LogP contribution in [0.2, 0.25) is 0 Å². The molecule has 0 aliphatic heterocycles. The number of para-hydroxylation sites is 1.